The lowest BCUT2D eigenvalue weighted by Crippen LogP contribution is -2.28. The summed E-state index contributed by atoms with van der Waals surface area (Å²) < 4.78 is 24.8. The quantitative estimate of drug-likeness (QED) is 0.456. The van der Waals surface area contributed by atoms with Gasteiger partial charge in [0.1, 0.15) is 11.6 Å². The molecular formula is C20H15FN4O4S. The smallest absolute Gasteiger partial charge is 0.378 e. The van der Waals surface area contributed by atoms with Crippen LogP contribution in [0.5, 0.6) is 0 Å². The van der Waals surface area contributed by atoms with E-state index in [9.17, 15) is 14.0 Å². The lowest BCUT2D eigenvalue weighted by molar-refractivity contribution is -0.124. The van der Waals surface area contributed by atoms with Gasteiger partial charge < -0.3 is 14.5 Å². The van der Waals surface area contributed by atoms with Gasteiger partial charge in [0.15, 0.2) is 12.4 Å². The third kappa shape index (κ3) is 4.44. The van der Waals surface area contributed by atoms with E-state index in [0.717, 1.165) is 4.88 Å². The standard InChI is InChI=1S/C20H15FN4O4S/c21-13-5-7-14(8-6-13)25-19(16-4-2-10-30-16)23-18(24-25)20(27)29-12-17(26)22-11-15-3-1-9-28-15/h1-10H,11-12H2,(H,22,26). The SMILES string of the molecule is O=C(COC(=O)c1nc(-c2cccs2)n(-c2ccc(F)cc2)n1)NCc1ccco1. The molecule has 0 aliphatic carbocycles. The van der Waals surface area contributed by atoms with Crippen molar-refractivity contribution in [1.82, 2.24) is 20.1 Å². The van der Waals surface area contributed by atoms with Gasteiger partial charge in [-0.15, -0.1) is 16.4 Å². The summed E-state index contributed by atoms with van der Waals surface area (Å²) in [7, 11) is 0. The molecule has 0 bridgehead atoms. The van der Waals surface area contributed by atoms with Crippen LogP contribution in [0.3, 0.4) is 0 Å². The van der Waals surface area contributed by atoms with E-state index < -0.39 is 24.3 Å². The maximum absolute atomic E-state index is 13.3. The molecule has 1 aromatic carbocycles. The minimum atomic E-state index is -0.846. The molecule has 4 rings (SSSR count). The van der Waals surface area contributed by atoms with Crippen LogP contribution in [0.2, 0.25) is 0 Å². The highest BCUT2D eigenvalue weighted by molar-refractivity contribution is 7.13. The van der Waals surface area contributed by atoms with E-state index >= 15 is 0 Å². The lowest BCUT2D eigenvalue weighted by Gasteiger charge is -2.04. The minimum Gasteiger partial charge on any atom is -0.467 e. The van der Waals surface area contributed by atoms with Gasteiger partial charge in [-0.1, -0.05) is 6.07 Å². The molecule has 8 nitrogen and oxygen atoms in total. The lowest BCUT2D eigenvalue weighted by atomic mass is 10.3. The van der Waals surface area contributed by atoms with E-state index in [-0.39, 0.29) is 12.4 Å². The molecule has 0 saturated carbocycles. The number of esters is 1. The van der Waals surface area contributed by atoms with Crippen LogP contribution in [0.25, 0.3) is 16.4 Å². The number of aromatic nitrogens is 3. The molecule has 0 atom stereocenters. The van der Waals surface area contributed by atoms with E-state index in [1.807, 2.05) is 17.5 Å². The first kappa shape index (κ1) is 19.5. The second kappa shape index (κ2) is 8.70. The number of hydrogen-bond acceptors (Lipinski definition) is 7. The molecule has 1 amide bonds. The van der Waals surface area contributed by atoms with Crippen molar-refractivity contribution in [3.63, 3.8) is 0 Å². The van der Waals surface area contributed by atoms with Crippen LogP contribution in [0.15, 0.2) is 64.6 Å². The maximum Gasteiger partial charge on any atom is 0.378 e. The summed E-state index contributed by atoms with van der Waals surface area (Å²) in [5.41, 5.74) is 0.530. The number of benzene rings is 1. The zero-order chi connectivity index (χ0) is 20.9. The number of furan rings is 1. The van der Waals surface area contributed by atoms with Crippen LogP contribution in [-0.4, -0.2) is 33.2 Å². The Balaban J connectivity index is 1.48. The van der Waals surface area contributed by atoms with Crippen molar-refractivity contribution in [3.8, 4) is 16.4 Å². The number of nitrogens with zero attached hydrogens (tertiary/aromatic N) is 3. The summed E-state index contributed by atoms with van der Waals surface area (Å²) >= 11 is 1.41. The Bertz CT molecular complexity index is 1140. The molecule has 30 heavy (non-hydrogen) atoms. The molecule has 0 saturated heterocycles. The van der Waals surface area contributed by atoms with Crippen molar-refractivity contribution in [2.75, 3.05) is 6.61 Å². The number of amides is 1. The first-order valence-electron chi connectivity index (χ1n) is 8.83. The predicted octanol–water partition coefficient (Wildman–Crippen LogP) is 3.20. The van der Waals surface area contributed by atoms with Crippen molar-refractivity contribution in [3.05, 3.63) is 77.6 Å². The van der Waals surface area contributed by atoms with Crippen molar-refractivity contribution >= 4 is 23.2 Å². The van der Waals surface area contributed by atoms with Gasteiger partial charge in [0.2, 0.25) is 0 Å². The first-order valence-corrected chi connectivity index (χ1v) is 9.71. The topological polar surface area (TPSA) is 99.3 Å². The number of carbonyl (C=O) groups excluding carboxylic acids is 2. The van der Waals surface area contributed by atoms with Crippen LogP contribution < -0.4 is 5.32 Å². The number of ether oxygens (including phenoxy) is 1. The fourth-order valence-corrected chi connectivity index (χ4v) is 3.27. The molecule has 3 aromatic heterocycles. The number of thiophene rings is 1. The van der Waals surface area contributed by atoms with Gasteiger partial charge >= 0.3 is 5.97 Å². The number of nitrogens with one attached hydrogen (secondary N) is 1. The zero-order valence-corrected chi connectivity index (χ0v) is 16.3. The van der Waals surface area contributed by atoms with Crippen molar-refractivity contribution in [2.45, 2.75) is 6.54 Å². The molecule has 0 fully saturated rings. The Kier molecular flexibility index (Phi) is 5.66. The number of halogens is 1. The van der Waals surface area contributed by atoms with Gasteiger partial charge in [-0.3, -0.25) is 4.79 Å². The van der Waals surface area contributed by atoms with E-state index in [1.165, 1.54) is 46.5 Å². The third-order valence-electron chi connectivity index (χ3n) is 3.98. The first-order chi connectivity index (χ1) is 14.6. The van der Waals surface area contributed by atoms with Gasteiger partial charge in [-0.25, -0.2) is 13.9 Å². The normalized spacial score (nSPS) is 10.7. The molecule has 3 heterocycles. The van der Waals surface area contributed by atoms with Crippen molar-refractivity contribution < 1.29 is 23.1 Å². The highest BCUT2D eigenvalue weighted by atomic mass is 32.1. The highest BCUT2D eigenvalue weighted by Gasteiger charge is 2.21. The second-order valence-electron chi connectivity index (χ2n) is 6.06. The summed E-state index contributed by atoms with van der Waals surface area (Å²) in [6.45, 7) is -0.303. The number of rotatable bonds is 7. The molecular weight excluding hydrogens is 411 g/mol. The average molecular weight is 426 g/mol. The van der Waals surface area contributed by atoms with Crippen LogP contribution >= 0.6 is 11.3 Å². The zero-order valence-electron chi connectivity index (χ0n) is 15.4. The molecule has 1 N–H and O–H groups in total. The number of carbonyl (C=O) groups is 2. The maximum atomic E-state index is 13.3. The molecule has 0 aliphatic heterocycles. The van der Waals surface area contributed by atoms with Gasteiger partial charge in [-0.05, 0) is 47.8 Å². The van der Waals surface area contributed by atoms with Crippen LogP contribution in [-0.2, 0) is 16.1 Å². The molecule has 152 valence electrons. The molecule has 0 spiro atoms. The Hall–Kier alpha value is -3.79. The fourth-order valence-electron chi connectivity index (χ4n) is 2.57. The number of hydrogen-bond donors (Lipinski definition) is 1. The summed E-state index contributed by atoms with van der Waals surface area (Å²) in [5, 5.41) is 8.63. The van der Waals surface area contributed by atoms with Gasteiger partial charge in [0.25, 0.3) is 11.7 Å². The monoisotopic (exact) mass is 426 g/mol. The Morgan fingerprint density at radius 2 is 2.00 bits per heavy atom. The Morgan fingerprint density at radius 1 is 1.17 bits per heavy atom. The van der Waals surface area contributed by atoms with Gasteiger partial charge in [-0.2, -0.15) is 4.98 Å². The summed E-state index contributed by atoms with van der Waals surface area (Å²) in [5.74, 6) is -0.947. The van der Waals surface area contributed by atoms with Crippen LogP contribution in [0.4, 0.5) is 4.39 Å². The Labute approximate surface area is 173 Å². The van der Waals surface area contributed by atoms with E-state index in [0.29, 0.717) is 17.3 Å². The van der Waals surface area contributed by atoms with Crippen molar-refractivity contribution in [2.24, 2.45) is 0 Å². The highest BCUT2D eigenvalue weighted by Crippen LogP contribution is 2.25. The molecule has 0 unspecified atom stereocenters. The molecule has 0 aliphatic rings. The molecule has 0 radical (unpaired) electrons. The largest absolute Gasteiger partial charge is 0.467 e. The second-order valence-corrected chi connectivity index (χ2v) is 7.00. The molecule has 4 aromatic rings. The molecule has 10 heteroatoms. The average Bonchev–Trinajstić information content (AvgIpc) is 3.52. The van der Waals surface area contributed by atoms with Gasteiger partial charge in [0.05, 0.1) is 23.4 Å². The van der Waals surface area contributed by atoms with Gasteiger partial charge in [0, 0.05) is 0 Å². The minimum absolute atomic E-state index is 0.184. The summed E-state index contributed by atoms with van der Waals surface area (Å²) in [6, 6.07) is 12.7. The summed E-state index contributed by atoms with van der Waals surface area (Å²) in [6.07, 6.45) is 1.50. The predicted molar refractivity (Wildman–Crippen MR) is 105 cm³/mol. The van der Waals surface area contributed by atoms with E-state index in [2.05, 4.69) is 15.4 Å². The van der Waals surface area contributed by atoms with E-state index in [4.69, 9.17) is 9.15 Å². The van der Waals surface area contributed by atoms with Crippen LogP contribution in [0.1, 0.15) is 16.4 Å². The third-order valence-corrected chi connectivity index (χ3v) is 4.84. The van der Waals surface area contributed by atoms with E-state index in [1.54, 1.807) is 12.1 Å². The van der Waals surface area contributed by atoms with Crippen molar-refractivity contribution in [1.29, 1.82) is 0 Å². The Morgan fingerprint density at radius 3 is 2.70 bits per heavy atom. The van der Waals surface area contributed by atoms with Crippen LogP contribution in [0, 0.1) is 5.82 Å². The fraction of sp³-hybridized carbons (Fsp3) is 0.100. The summed E-state index contributed by atoms with van der Waals surface area (Å²) in [4.78, 5) is 29.3.